The summed E-state index contributed by atoms with van der Waals surface area (Å²) in [5.41, 5.74) is 7.85. The van der Waals surface area contributed by atoms with Crippen molar-refractivity contribution in [1.82, 2.24) is 0 Å². The highest BCUT2D eigenvalue weighted by atomic mass is 16.2. The number of rotatable bonds is 7. The maximum absolute atomic E-state index is 12.8. The van der Waals surface area contributed by atoms with E-state index >= 15 is 0 Å². The average molecular weight is 402 g/mol. The third-order valence-electron chi connectivity index (χ3n) is 4.47. The van der Waals surface area contributed by atoms with Crippen molar-refractivity contribution >= 4 is 34.8 Å². The fourth-order valence-corrected chi connectivity index (χ4v) is 2.93. The van der Waals surface area contributed by atoms with E-state index in [4.69, 9.17) is 5.73 Å². The minimum atomic E-state index is -0.577. The normalized spacial score (nSPS) is 10.2. The maximum atomic E-state index is 12.8. The summed E-state index contributed by atoms with van der Waals surface area (Å²) >= 11 is 0. The molecule has 0 saturated heterocycles. The van der Waals surface area contributed by atoms with Crippen LogP contribution in [0.1, 0.15) is 20.7 Å². The fourth-order valence-electron chi connectivity index (χ4n) is 2.93. The molecule has 0 unspecified atom stereocenters. The number of nitrogens with zero attached hydrogens (tertiary/aromatic N) is 1. The van der Waals surface area contributed by atoms with Crippen LogP contribution in [-0.2, 0) is 4.79 Å². The van der Waals surface area contributed by atoms with Crippen molar-refractivity contribution in [2.24, 2.45) is 5.73 Å². The predicted molar refractivity (Wildman–Crippen MR) is 118 cm³/mol. The largest absolute Gasteiger partial charge is 0.376 e. The molecule has 152 valence electrons. The van der Waals surface area contributed by atoms with Crippen LogP contribution in [0.25, 0.3) is 0 Å². The van der Waals surface area contributed by atoms with Gasteiger partial charge in [-0.3, -0.25) is 14.4 Å². The molecule has 0 aliphatic carbocycles. The number of primary amides is 1. The number of carbonyl (C=O) groups is 3. The molecule has 0 spiro atoms. The lowest BCUT2D eigenvalue weighted by molar-refractivity contribution is -0.114. The quantitative estimate of drug-likeness (QED) is 0.565. The molecule has 3 rings (SSSR count). The topological polar surface area (TPSA) is 105 Å². The molecule has 0 aliphatic rings. The Balaban J connectivity index is 1.64. The van der Waals surface area contributed by atoms with Crippen LogP contribution in [-0.4, -0.2) is 31.3 Å². The van der Waals surface area contributed by atoms with Gasteiger partial charge < -0.3 is 21.3 Å². The van der Waals surface area contributed by atoms with E-state index < -0.39 is 5.91 Å². The second-order valence-electron chi connectivity index (χ2n) is 6.59. The van der Waals surface area contributed by atoms with Gasteiger partial charge in [-0.25, -0.2) is 0 Å². The van der Waals surface area contributed by atoms with Gasteiger partial charge in [0.2, 0.25) is 5.91 Å². The first-order valence-corrected chi connectivity index (χ1v) is 9.31. The molecule has 0 aromatic heterocycles. The van der Waals surface area contributed by atoms with Crippen molar-refractivity contribution in [3.05, 3.63) is 90.0 Å². The van der Waals surface area contributed by atoms with Crippen LogP contribution < -0.4 is 21.3 Å². The number of nitrogens with two attached hydrogens (primary N) is 1. The summed E-state index contributed by atoms with van der Waals surface area (Å²) in [4.78, 5) is 38.1. The minimum absolute atomic E-state index is 0.0631. The van der Waals surface area contributed by atoms with Crippen molar-refractivity contribution < 1.29 is 14.4 Å². The molecule has 3 aromatic rings. The van der Waals surface area contributed by atoms with Crippen molar-refractivity contribution in [1.29, 1.82) is 0 Å². The van der Waals surface area contributed by atoms with Gasteiger partial charge in [0.05, 0.1) is 12.1 Å². The van der Waals surface area contributed by atoms with E-state index in [1.54, 1.807) is 60.5 Å². The van der Waals surface area contributed by atoms with Crippen LogP contribution in [0.4, 0.5) is 17.1 Å². The lowest BCUT2D eigenvalue weighted by Gasteiger charge is -2.18. The molecule has 30 heavy (non-hydrogen) atoms. The van der Waals surface area contributed by atoms with Gasteiger partial charge in [0.25, 0.3) is 11.8 Å². The predicted octanol–water partition coefficient (Wildman–Crippen LogP) is 3.11. The molecule has 0 heterocycles. The zero-order chi connectivity index (χ0) is 21.5. The summed E-state index contributed by atoms with van der Waals surface area (Å²) in [6, 6.07) is 22.7. The van der Waals surface area contributed by atoms with Crippen LogP contribution in [0.5, 0.6) is 0 Å². The third kappa shape index (κ3) is 5.02. The van der Waals surface area contributed by atoms with Gasteiger partial charge in [-0.05, 0) is 42.5 Å². The van der Waals surface area contributed by atoms with Crippen molar-refractivity contribution in [3.63, 3.8) is 0 Å². The Kier molecular flexibility index (Phi) is 6.44. The van der Waals surface area contributed by atoms with E-state index in [0.29, 0.717) is 22.5 Å². The number of benzene rings is 3. The Morgan fingerprint density at radius 3 is 2.33 bits per heavy atom. The van der Waals surface area contributed by atoms with Crippen molar-refractivity contribution in [3.8, 4) is 0 Å². The SMILES string of the molecule is CN(C(=O)c1cccc(NC(=O)CNc2ccccc2C(N)=O)c1)c1ccccc1. The molecule has 0 saturated carbocycles. The zero-order valence-corrected chi connectivity index (χ0v) is 16.5. The molecule has 0 atom stereocenters. The van der Waals surface area contributed by atoms with Gasteiger partial charge in [0.15, 0.2) is 0 Å². The van der Waals surface area contributed by atoms with E-state index in [1.165, 1.54) is 0 Å². The molecular weight excluding hydrogens is 380 g/mol. The first-order chi connectivity index (χ1) is 14.5. The lowest BCUT2D eigenvalue weighted by atomic mass is 10.1. The Hall–Kier alpha value is -4.13. The van der Waals surface area contributed by atoms with Crippen LogP contribution in [0, 0.1) is 0 Å². The monoisotopic (exact) mass is 402 g/mol. The van der Waals surface area contributed by atoms with Gasteiger partial charge in [-0.1, -0.05) is 36.4 Å². The Bertz CT molecular complexity index is 1070. The molecule has 7 nitrogen and oxygen atoms in total. The molecule has 4 N–H and O–H groups in total. The standard InChI is InChI=1S/C23H22N4O3/c1-27(18-10-3-2-4-11-18)23(30)16-8-7-9-17(14-16)26-21(28)15-25-20-13-6-5-12-19(20)22(24)29/h2-14,25H,15H2,1H3,(H2,24,29)(H,26,28). The van der Waals surface area contributed by atoms with Gasteiger partial charge in [-0.15, -0.1) is 0 Å². The first-order valence-electron chi connectivity index (χ1n) is 9.31. The molecule has 3 amide bonds. The smallest absolute Gasteiger partial charge is 0.258 e. The molecular formula is C23H22N4O3. The number of nitrogens with one attached hydrogen (secondary N) is 2. The molecule has 3 aromatic carbocycles. The highest BCUT2D eigenvalue weighted by Crippen LogP contribution is 2.18. The van der Waals surface area contributed by atoms with E-state index in [0.717, 1.165) is 5.69 Å². The number of hydrogen-bond acceptors (Lipinski definition) is 4. The molecule has 7 heteroatoms. The lowest BCUT2D eigenvalue weighted by Crippen LogP contribution is -2.26. The van der Waals surface area contributed by atoms with E-state index in [2.05, 4.69) is 10.6 Å². The van der Waals surface area contributed by atoms with Gasteiger partial charge >= 0.3 is 0 Å². The molecule has 0 radical (unpaired) electrons. The van der Waals surface area contributed by atoms with Gasteiger partial charge in [0, 0.05) is 29.7 Å². The number of para-hydroxylation sites is 2. The van der Waals surface area contributed by atoms with Crippen LogP contribution in [0.2, 0.25) is 0 Å². The third-order valence-corrected chi connectivity index (χ3v) is 4.47. The number of carbonyl (C=O) groups excluding carboxylic acids is 3. The summed E-state index contributed by atoms with van der Waals surface area (Å²) < 4.78 is 0. The Morgan fingerprint density at radius 1 is 0.900 bits per heavy atom. The first kappa shape index (κ1) is 20.6. The highest BCUT2D eigenvalue weighted by Gasteiger charge is 2.14. The van der Waals surface area contributed by atoms with Crippen LogP contribution >= 0.6 is 0 Å². The molecule has 0 bridgehead atoms. The van der Waals surface area contributed by atoms with Crippen LogP contribution in [0.3, 0.4) is 0 Å². The summed E-state index contributed by atoms with van der Waals surface area (Å²) in [7, 11) is 1.70. The highest BCUT2D eigenvalue weighted by molar-refractivity contribution is 6.07. The van der Waals surface area contributed by atoms with E-state index in [9.17, 15) is 14.4 Å². The summed E-state index contributed by atoms with van der Waals surface area (Å²) in [5.74, 6) is -1.09. The zero-order valence-electron chi connectivity index (χ0n) is 16.5. The Morgan fingerprint density at radius 2 is 1.60 bits per heavy atom. The van der Waals surface area contributed by atoms with Crippen molar-refractivity contribution in [2.75, 3.05) is 29.1 Å². The van der Waals surface area contributed by atoms with Gasteiger partial charge in [-0.2, -0.15) is 0 Å². The summed E-state index contributed by atoms with van der Waals surface area (Å²) in [6.45, 7) is -0.0631. The van der Waals surface area contributed by atoms with Crippen molar-refractivity contribution in [2.45, 2.75) is 0 Å². The second kappa shape index (κ2) is 9.38. The fraction of sp³-hybridized carbons (Fsp3) is 0.0870. The van der Waals surface area contributed by atoms with E-state index in [1.807, 2.05) is 30.3 Å². The minimum Gasteiger partial charge on any atom is -0.376 e. The number of hydrogen-bond donors (Lipinski definition) is 3. The average Bonchev–Trinajstić information content (AvgIpc) is 2.77. The second-order valence-corrected chi connectivity index (χ2v) is 6.59. The number of amides is 3. The molecule has 0 aliphatic heterocycles. The maximum Gasteiger partial charge on any atom is 0.258 e. The van der Waals surface area contributed by atoms with Crippen LogP contribution in [0.15, 0.2) is 78.9 Å². The van der Waals surface area contributed by atoms with Gasteiger partial charge in [0.1, 0.15) is 0 Å². The van der Waals surface area contributed by atoms with E-state index in [-0.39, 0.29) is 18.4 Å². The summed E-state index contributed by atoms with van der Waals surface area (Å²) in [6.07, 6.45) is 0. The molecule has 0 fully saturated rings. The number of anilines is 3. The Labute approximate surface area is 174 Å². The summed E-state index contributed by atoms with van der Waals surface area (Å²) in [5, 5.41) is 5.65.